The zero-order chi connectivity index (χ0) is 40.9. The first kappa shape index (κ1) is 37.9. The molecule has 0 aromatic heterocycles. The van der Waals surface area contributed by atoms with Crippen LogP contribution in [0.4, 0.5) is 0 Å². The maximum atomic E-state index is 14.9. The third-order valence-corrected chi connectivity index (χ3v) is 14.9. The molecule has 7 heterocycles. The molecule has 4 aromatic rings. The zero-order valence-electron chi connectivity index (χ0n) is 33.5. The van der Waals surface area contributed by atoms with Crippen LogP contribution in [0.1, 0.15) is 67.4 Å². The number of carbonyl (C=O) groups is 1. The van der Waals surface area contributed by atoms with Crippen LogP contribution in [0.2, 0.25) is 0 Å². The largest absolute Gasteiger partial charge is 0.504 e. The van der Waals surface area contributed by atoms with E-state index in [1.807, 2.05) is 51.2 Å². The van der Waals surface area contributed by atoms with Gasteiger partial charge in [-0.15, -0.1) is 11.8 Å². The average molecular weight is 819 g/mol. The first-order chi connectivity index (χ1) is 28.6. The van der Waals surface area contributed by atoms with E-state index in [1.54, 1.807) is 31.0 Å². The summed E-state index contributed by atoms with van der Waals surface area (Å²) in [7, 11) is 5.10. The number of ether oxygens (including phenoxy) is 6. The number of esters is 1. The number of nitrogens with zero attached hydrogens (tertiary/aromatic N) is 3. The molecule has 1 unspecified atom stereocenters. The van der Waals surface area contributed by atoms with E-state index < -0.39 is 40.9 Å². The van der Waals surface area contributed by atoms with Crippen LogP contribution >= 0.6 is 11.8 Å². The molecule has 59 heavy (non-hydrogen) atoms. The SMILES string of the molecule is COc1cc2c(cc1O)CCN[C@]21CS[C@@H]2c3c(OCc4ccccc4)c(C)c4c(c3[C@@H](COC1=O)N1C2[C@@H]2c3c(cc(C)c(OC)c3O)C[C@H]([C@@H]1C#N)N2C)OCO4. The van der Waals surface area contributed by atoms with Gasteiger partial charge in [0.05, 0.1) is 37.6 Å². The van der Waals surface area contributed by atoms with E-state index in [9.17, 15) is 20.3 Å². The monoisotopic (exact) mass is 818 g/mol. The highest BCUT2D eigenvalue weighted by molar-refractivity contribution is 7.99. The molecular weight excluding hydrogens is 773 g/mol. The number of benzene rings is 4. The summed E-state index contributed by atoms with van der Waals surface area (Å²) >= 11 is 1.59. The molecule has 0 saturated carbocycles. The summed E-state index contributed by atoms with van der Waals surface area (Å²) in [5.74, 6) is 2.31. The molecule has 306 valence electrons. The number of piperazine rings is 1. The normalized spacial score (nSPS) is 27.8. The van der Waals surface area contributed by atoms with Gasteiger partial charge in [-0.05, 0) is 73.7 Å². The van der Waals surface area contributed by atoms with E-state index in [2.05, 4.69) is 27.3 Å². The number of carbonyl (C=O) groups excluding carboxylic acids is 1. The molecule has 1 spiro atoms. The van der Waals surface area contributed by atoms with Crippen LogP contribution in [0.25, 0.3) is 0 Å². The highest BCUT2D eigenvalue weighted by Crippen LogP contribution is 2.64. The lowest BCUT2D eigenvalue weighted by Gasteiger charge is -2.62. The van der Waals surface area contributed by atoms with Gasteiger partial charge in [-0.3, -0.25) is 15.1 Å². The number of rotatable bonds is 5. The Morgan fingerprint density at radius 1 is 1.00 bits per heavy atom. The topological polar surface area (TPSA) is 155 Å². The number of hydrogen-bond donors (Lipinski definition) is 3. The third-order valence-electron chi connectivity index (χ3n) is 13.4. The van der Waals surface area contributed by atoms with Crippen molar-refractivity contribution in [3.05, 3.63) is 98.6 Å². The van der Waals surface area contributed by atoms with Crippen molar-refractivity contribution in [1.82, 2.24) is 15.1 Å². The molecule has 13 nitrogen and oxygen atoms in total. The van der Waals surface area contributed by atoms with Gasteiger partial charge in [-0.25, -0.2) is 4.79 Å². The van der Waals surface area contributed by atoms with Crippen LogP contribution < -0.4 is 29.0 Å². The van der Waals surface area contributed by atoms with Gasteiger partial charge in [0, 0.05) is 46.6 Å². The standard InChI is InChI=1S/C45H46N4O9S/c1-22-13-26-14-28-29(17-46)49-30-19-56-44(52)45(27-16-32(53-4)31(50)15-25(27)11-12-47-45)20-59-43(37(49)36(48(28)3)33(26)38(51)39(22)54-5)35-34(30)42-41(57-21-58-42)23(2)40(35)55-18-24-9-7-6-8-10-24/h6-10,13,15-16,28-30,36-37,43,47,50-51H,11-12,14,18-21H2,1-5H3/t28-,29+,30-,36+,37?,43-,45-/m1/s1. The molecule has 0 amide bonds. The van der Waals surface area contributed by atoms with Gasteiger partial charge in [-0.1, -0.05) is 36.4 Å². The molecular formula is C45H46N4O9S. The van der Waals surface area contributed by atoms with Gasteiger partial charge in [0.2, 0.25) is 6.79 Å². The maximum Gasteiger partial charge on any atom is 0.331 e. The number of likely N-dealkylation sites (N-methyl/N-ethyl adjacent to an activating group) is 1. The fourth-order valence-electron chi connectivity index (χ4n) is 10.8. The Kier molecular flexibility index (Phi) is 9.09. The zero-order valence-corrected chi connectivity index (χ0v) is 34.4. The van der Waals surface area contributed by atoms with E-state index >= 15 is 0 Å². The number of phenolic OH excluding ortho intramolecular Hbond substituents is 2. The number of hydrogen-bond acceptors (Lipinski definition) is 14. The van der Waals surface area contributed by atoms with Crippen molar-refractivity contribution in [3.8, 4) is 46.3 Å². The van der Waals surface area contributed by atoms with E-state index in [1.165, 1.54) is 7.11 Å². The number of aromatic hydroxyl groups is 2. The lowest BCUT2D eigenvalue weighted by atomic mass is 9.71. The summed E-state index contributed by atoms with van der Waals surface area (Å²) in [6.45, 7) is 4.57. The first-order valence-corrected chi connectivity index (χ1v) is 21.0. The van der Waals surface area contributed by atoms with Crippen molar-refractivity contribution in [2.45, 2.75) is 74.3 Å². The summed E-state index contributed by atoms with van der Waals surface area (Å²) in [6, 6.07) is 15.8. The lowest BCUT2D eigenvalue weighted by molar-refractivity contribution is -0.157. The minimum absolute atomic E-state index is 0.00310. The Bertz CT molecular complexity index is 2440. The predicted molar refractivity (Wildman–Crippen MR) is 217 cm³/mol. The number of thioether (sulfide) groups is 1. The summed E-state index contributed by atoms with van der Waals surface area (Å²) in [5.41, 5.74) is 6.21. The Morgan fingerprint density at radius 3 is 2.56 bits per heavy atom. The summed E-state index contributed by atoms with van der Waals surface area (Å²) in [5, 5.41) is 37.4. The summed E-state index contributed by atoms with van der Waals surface area (Å²) in [4.78, 5) is 19.4. The van der Waals surface area contributed by atoms with Crippen LogP contribution in [-0.2, 0) is 34.5 Å². The maximum absolute atomic E-state index is 14.9. The van der Waals surface area contributed by atoms with Gasteiger partial charge >= 0.3 is 5.97 Å². The molecule has 4 aromatic carbocycles. The molecule has 7 aliphatic heterocycles. The minimum Gasteiger partial charge on any atom is -0.504 e. The summed E-state index contributed by atoms with van der Waals surface area (Å²) < 4.78 is 37.5. The highest BCUT2D eigenvalue weighted by Gasteiger charge is 2.61. The predicted octanol–water partition coefficient (Wildman–Crippen LogP) is 5.64. The smallest absolute Gasteiger partial charge is 0.331 e. The second-order valence-corrected chi connectivity index (χ2v) is 17.4. The van der Waals surface area contributed by atoms with E-state index in [0.717, 1.165) is 44.5 Å². The van der Waals surface area contributed by atoms with Crippen LogP contribution in [0.3, 0.4) is 0 Å². The van der Waals surface area contributed by atoms with Gasteiger partial charge in [0.1, 0.15) is 25.0 Å². The average Bonchev–Trinajstić information content (AvgIpc) is 3.73. The van der Waals surface area contributed by atoms with Crippen LogP contribution in [-0.4, -0.2) is 91.1 Å². The van der Waals surface area contributed by atoms with Crippen LogP contribution in [0.15, 0.2) is 48.5 Å². The number of nitriles is 1. The minimum atomic E-state index is -1.32. The Morgan fingerprint density at radius 2 is 1.80 bits per heavy atom. The van der Waals surface area contributed by atoms with E-state index in [-0.39, 0.29) is 49.0 Å². The van der Waals surface area contributed by atoms with Crippen LogP contribution in [0.5, 0.6) is 40.2 Å². The highest BCUT2D eigenvalue weighted by atomic mass is 32.2. The van der Waals surface area contributed by atoms with Crippen molar-refractivity contribution in [2.24, 2.45) is 0 Å². The second kappa shape index (κ2) is 14.2. The quantitative estimate of drug-likeness (QED) is 0.213. The molecule has 11 rings (SSSR count). The first-order valence-electron chi connectivity index (χ1n) is 20.0. The molecule has 14 heteroatoms. The number of methoxy groups -OCH3 is 2. The Balaban J connectivity index is 1.24. The van der Waals surface area contributed by atoms with Crippen molar-refractivity contribution in [2.75, 3.05) is 47.0 Å². The molecule has 7 atom stereocenters. The molecule has 2 fully saturated rings. The van der Waals surface area contributed by atoms with Crippen LogP contribution in [0, 0.1) is 25.2 Å². The van der Waals surface area contributed by atoms with E-state index in [4.69, 9.17) is 28.4 Å². The molecule has 0 radical (unpaired) electrons. The van der Waals surface area contributed by atoms with Gasteiger partial charge in [-0.2, -0.15) is 5.26 Å². The molecule has 0 aliphatic carbocycles. The number of nitrogens with one attached hydrogen (secondary N) is 1. The van der Waals surface area contributed by atoms with Gasteiger partial charge < -0.3 is 38.6 Å². The molecule has 3 N–H and O–H groups in total. The van der Waals surface area contributed by atoms with Crippen molar-refractivity contribution < 1.29 is 43.4 Å². The van der Waals surface area contributed by atoms with E-state index in [0.29, 0.717) is 47.9 Å². The van der Waals surface area contributed by atoms with Gasteiger partial charge in [0.25, 0.3) is 0 Å². The summed E-state index contributed by atoms with van der Waals surface area (Å²) in [6.07, 6.45) is 1.11. The molecule has 2 saturated heterocycles. The lowest BCUT2D eigenvalue weighted by Crippen LogP contribution is -2.69. The van der Waals surface area contributed by atoms with Gasteiger partial charge in [0.15, 0.2) is 40.0 Å². The second-order valence-electron chi connectivity index (χ2n) is 16.3. The number of fused-ring (bicyclic) bond motifs is 9. The Hall–Kier alpha value is -5.33. The number of aryl methyl sites for hydroxylation is 1. The van der Waals surface area contributed by atoms with Crippen molar-refractivity contribution in [1.29, 1.82) is 5.26 Å². The fraction of sp³-hybridized carbons (Fsp3) is 0.422. The Labute approximate surface area is 346 Å². The fourth-order valence-corrected chi connectivity index (χ4v) is 12.5. The molecule has 7 aliphatic rings. The third kappa shape index (κ3) is 5.44. The van der Waals surface area contributed by atoms with Crippen molar-refractivity contribution >= 4 is 17.7 Å². The number of phenols is 2. The molecule has 4 bridgehead atoms. The van der Waals surface area contributed by atoms with Crippen molar-refractivity contribution in [3.63, 3.8) is 0 Å².